The molecule has 94 valence electrons. The maximum absolute atomic E-state index is 11.5. The number of rotatable bonds is 4. The summed E-state index contributed by atoms with van der Waals surface area (Å²) in [4.78, 5) is 15.8. The number of amides is 1. The predicted molar refractivity (Wildman–Crippen MR) is 76.6 cm³/mol. The molecule has 1 atom stereocenters. The lowest BCUT2D eigenvalue weighted by Crippen LogP contribution is -2.27. The first-order chi connectivity index (χ1) is 8.56. The second-order valence-electron chi connectivity index (χ2n) is 3.82. The highest BCUT2D eigenvalue weighted by molar-refractivity contribution is 9.10. The van der Waals surface area contributed by atoms with Crippen LogP contribution >= 0.6 is 27.3 Å². The van der Waals surface area contributed by atoms with Gasteiger partial charge >= 0.3 is 0 Å². The van der Waals surface area contributed by atoms with Gasteiger partial charge in [-0.15, -0.1) is 11.3 Å². The third kappa shape index (κ3) is 3.08. The SMILES string of the molecule is Cc1csc(C(Nc2cccc(Br)c2)C(N)=O)n1. The van der Waals surface area contributed by atoms with Gasteiger partial charge < -0.3 is 11.1 Å². The van der Waals surface area contributed by atoms with Crippen molar-refractivity contribution in [1.29, 1.82) is 0 Å². The summed E-state index contributed by atoms with van der Waals surface area (Å²) in [5.74, 6) is -0.440. The van der Waals surface area contributed by atoms with Crippen LogP contribution in [0.1, 0.15) is 16.7 Å². The van der Waals surface area contributed by atoms with Crippen molar-refractivity contribution in [3.8, 4) is 0 Å². The molecule has 1 aromatic carbocycles. The number of anilines is 1. The molecule has 0 saturated heterocycles. The number of aromatic nitrogens is 1. The smallest absolute Gasteiger partial charge is 0.247 e. The largest absolute Gasteiger partial charge is 0.368 e. The molecule has 0 spiro atoms. The molecule has 0 aliphatic heterocycles. The Kier molecular flexibility index (Phi) is 3.98. The number of thiazole rings is 1. The minimum Gasteiger partial charge on any atom is -0.368 e. The van der Waals surface area contributed by atoms with Gasteiger partial charge in [0, 0.05) is 21.2 Å². The summed E-state index contributed by atoms with van der Waals surface area (Å²) >= 11 is 4.80. The molecule has 0 aliphatic rings. The normalized spacial score (nSPS) is 12.1. The van der Waals surface area contributed by atoms with Crippen LogP contribution in [0.2, 0.25) is 0 Å². The van der Waals surface area contributed by atoms with Gasteiger partial charge in [-0.25, -0.2) is 4.98 Å². The Morgan fingerprint density at radius 2 is 2.33 bits per heavy atom. The molecule has 4 nitrogen and oxygen atoms in total. The molecule has 0 bridgehead atoms. The summed E-state index contributed by atoms with van der Waals surface area (Å²) in [6.45, 7) is 1.89. The highest BCUT2D eigenvalue weighted by atomic mass is 79.9. The van der Waals surface area contributed by atoms with Gasteiger partial charge in [-0.2, -0.15) is 0 Å². The Balaban J connectivity index is 2.24. The molecule has 2 aromatic rings. The van der Waals surface area contributed by atoms with E-state index in [2.05, 4.69) is 26.2 Å². The average molecular weight is 326 g/mol. The van der Waals surface area contributed by atoms with Crippen molar-refractivity contribution in [1.82, 2.24) is 4.98 Å². The lowest BCUT2D eigenvalue weighted by Gasteiger charge is -2.14. The van der Waals surface area contributed by atoms with E-state index in [1.165, 1.54) is 11.3 Å². The Labute approximate surface area is 117 Å². The van der Waals surface area contributed by atoms with Crippen LogP contribution in [-0.2, 0) is 4.79 Å². The highest BCUT2D eigenvalue weighted by Crippen LogP contribution is 2.24. The number of aryl methyl sites for hydroxylation is 1. The van der Waals surface area contributed by atoms with E-state index < -0.39 is 11.9 Å². The van der Waals surface area contributed by atoms with Gasteiger partial charge in [0.2, 0.25) is 5.91 Å². The predicted octanol–water partition coefficient (Wildman–Crippen LogP) is 2.85. The van der Waals surface area contributed by atoms with E-state index in [0.717, 1.165) is 15.9 Å². The fraction of sp³-hybridized carbons (Fsp3) is 0.167. The first-order valence-corrected chi connectivity index (χ1v) is 6.97. The van der Waals surface area contributed by atoms with Gasteiger partial charge in [-0.05, 0) is 25.1 Å². The summed E-state index contributed by atoms with van der Waals surface area (Å²) in [5, 5.41) is 5.67. The quantitative estimate of drug-likeness (QED) is 0.908. The van der Waals surface area contributed by atoms with E-state index in [9.17, 15) is 4.79 Å². The number of nitrogens with one attached hydrogen (secondary N) is 1. The Morgan fingerprint density at radius 3 is 2.89 bits per heavy atom. The van der Waals surface area contributed by atoms with Crippen molar-refractivity contribution in [2.24, 2.45) is 5.73 Å². The van der Waals surface area contributed by atoms with Gasteiger partial charge in [0.15, 0.2) is 6.04 Å². The molecule has 0 radical (unpaired) electrons. The van der Waals surface area contributed by atoms with Gasteiger partial charge in [0.05, 0.1) is 0 Å². The summed E-state index contributed by atoms with van der Waals surface area (Å²) in [7, 11) is 0. The molecule has 6 heteroatoms. The summed E-state index contributed by atoms with van der Waals surface area (Å²) in [6, 6.07) is 6.96. The molecular formula is C12H12BrN3OS. The van der Waals surface area contributed by atoms with E-state index in [4.69, 9.17) is 5.73 Å². The average Bonchev–Trinajstić information content (AvgIpc) is 2.72. The van der Waals surface area contributed by atoms with Crippen molar-refractivity contribution < 1.29 is 4.79 Å². The zero-order chi connectivity index (χ0) is 13.1. The van der Waals surface area contributed by atoms with Crippen molar-refractivity contribution in [3.63, 3.8) is 0 Å². The molecule has 0 aliphatic carbocycles. The zero-order valence-electron chi connectivity index (χ0n) is 9.68. The highest BCUT2D eigenvalue weighted by Gasteiger charge is 2.20. The van der Waals surface area contributed by atoms with Crippen LogP contribution < -0.4 is 11.1 Å². The second kappa shape index (κ2) is 5.49. The van der Waals surface area contributed by atoms with Crippen LogP contribution in [-0.4, -0.2) is 10.9 Å². The number of carbonyl (C=O) groups is 1. The number of hydrogen-bond acceptors (Lipinski definition) is 4. The van der Waals surface area contributed by atoms with Crippen LogP contribution in [0.3, 0.4) is 0 Å². The number of benzene rings is 1. The maximum atomic E-state index is 11.5. The zero-order valence-corrected chi connectivity index (χ0v) is 12.1. The third-order valence-corrected chi connectivity index (χ3v) is 3.82. The molecule has 1 heterocycles. The topological polar surface area (TPSA) is 68.0 Å². The monoisotopic (exact) mass is 325 g/mol. The fourth-order valence-corrected chi connectivity index (χ4v) is 2.76. The molecule has 18 heavy (non-hydrogen) atoms. The Morgan fingerprint density at radius 1 is 1.56 bits per heavy atom. The van der Waals surface area contributed by atoms with E-state index >= 15 is 0 Å². The Hall–Kier alpha value is -1.40. The second-order valence-corrected chi connectivity index (χ2v) is 5.62. The molecule has 2 rings (SSSR count). The van der Waals surface area contributed by atoms with E-state index in [-0.39, 0.29) is 0 Å². The number of nitrogens with zero attached hydrogens (tertiary/aromatic N) is 1. The number of nitrogens with two attached hydrogens (primary N) is 1. The molecule has 0 saturated carbocycles. The molecule has 0 fully saturated rings. The van der Waals surface area contributed by atoms with E-state index in [1.54, 1.807) is 0 Å². The molecule has 1 unspecified atom stereocenters. The number of hydrogen-bond donors (Lipinski definition) is 2. The fourth-order valence-electron chi connectivity index (χ4n) is 1.50. The van der Waals surface area contributed by atoms with Crippen molar-refractivity contribution in [2.45, 2.75) is 13.0 Å². The van der Waals surface area contributed by atoms with Crippen LogP contribution in [0.25, 0.3) is 0 Å². The standard InChI is InChI=1S/C12H12BrN3OS/c1-7-6-18-12(15-7)10(11(14)17)16-9-4-2-3-8(13)5-9/h2-6,10,16H,1H3,(H2,14,17). The minimum atomic E-state index is -0.599. The van der Waals surface area contributed by atoms with Crippen LogP contribution in [0, 0.1) is 6.92 Å². The molecule has 1 amide bonds. The van der Waals surface area contributed by atoms with Crippen molar-refractivity contribution in [2.75, 3.05) is 5.32 Å². The number of primary amides is 1. The van der Waals surface area contributed by atoms with Gasteiger partial charge in [-0.3, -0.25) is 4.79 Å². The summed E-state index contributed by atoms with van der Waals surface area (Å²) in [6.07, 6.45) is 0. The van der Waals surface area contributed by atoms with Crippen LogP contribution in [0.15, 0.2) is 34.1 Å². The lowest BCUT2D eigenvalue weighted by atomic mass is 10.2. The van der Waals surface area contributed by atoms with Gasteiger partial charge in [-0.1, -0.05) is 22.0 Å². The molecule has 3 N–H and O–H groups in total. The number of carbonyl (C=O) groups excluding carboxylic acids is 1. The lowest BCUT2D eigenvalue weighted by molar-refractivity contribution is -0.118. The van der Waals surface area contributed by atoms with E-state index in [0.29, 0.717) is 5.01 Å². The van der Waals surface area contributed by atoms with Crippen molar-refractivity contribution in [3.05, 3.63) is 44.8 Å². The van der Waals surface area contributed by atoms with Crippen LogP contribution in [0.4, 0.5) is 5.69 Å². The van der Waals surface area contributed by atoms with Gasteiger partial charge in [0.25, 0.3) is 0 Å². The van der Waals surface area contributed by atoms with Crippen LogP contribution in [0.5, 0.6) is 0 Å². The minimum absolute atomic E-state index is 0.440. The summed E-state index contributed by atoms with van der Waals surface area (Å²) < 4.78 is 0.936. The number of halogens is 1. The maximum Gasteiger partial charge on any atom is 0.247 e. The summed E-state index contributed by atoms with van der Waals surface area (Å²) in [5.41, 5.74) is 7.12. The van der Waals surface area contributed by atoms with E-state index in [1.807, 2.05) is 36.6 Å². The third-order valence-electron chi connectivity index (χ3n) is 2.30. The van der Waals surface area contributed by atoms with Crippen molar-refractivity contribution >= 4 is 38.9 Å². The Bertz CT molecular complexity index is 570. The first kappa shape index (κ1) is 13.0. The first-order valence-electron chi connectivity index (χ1n) is 5.29. The van der Waals surface area contributed by atoms with Gasteiger partial charge in [0.1, 0.15) is 5.01 Å². The molecular weight excluding hydrogens is 314 g/mol. The molecule has 1 aromatic heterocycles.